The number of halogens is 2. The number of nitrogens with zero attached hydrogens (tertiary/aromatic N) is 5. The Kier molecular flexibility index (Phi) is 10.1. The average Bonchev–Trinajstić information content (AvgIpc) is 3.72. The molecule has 3 fully saturated rings. The zero-order chi connectivity index (χ0) is 36.2. The SMILES string of the molecule is COCOc1ccc([Si](C)(C)C)c(-c2c(Cl)cc3c(N4CC5CCC(C4)N5C(=O)OC(C)(C)C)nc(OCC4(CN(C)C)CC4)nc3c2F)c1. The van der Waals surface area contributed by atoms with E-state index in [0.29, 0.717) is 42.2 Å². The number of carbonyl (C=O) groups excluding carboxylic acids is 1. The summed E-state index contributed by atoms with van der Waals surface area (Å²) in [6, 6.07) is 7.52. The molecule has 2 bridgehead atoms. The van der Waals surface area contributed by atoms with Crippen molar-refractivity contribution in [2.45, 2.75) is 83.8 Å². The van der Waals surface area contributed by atoms with Crippen LogP contribution in [0.4, 0.5) is 15.0 Å². The summed E-state index contributed by atoms with van der Waals surface area (Å²) >= 11 is 7.08. The fourth-order valence-corrected chi connectivity index (χ4v) is 9.30. The first-order valence-electron chi connectivity index (χ1n) is 17.5. The minimum absolute atomic E-state index is 0.0265. The molecule has 1 aromatic heterocycles. The molecule has 1 aliphatic carbocycles. The minimum atomic E-state index is -1.98. The van der Waals surface area contributed by atoms with Crippen LogP contribution in [-0.2, 0) is 9.47 Å². The molecule has 2 aliphatic heterocycles. The van der Waals surface area contributed by atoms with Gasteiger partial charge in [-0.3, -0.25) is 4.90 Å². The molecule has 2 saturated heterocycles. The van der Waals surface area contributed by atoms with Crippen molar-refractivity contribution >= 4 is 47.7 Å². The van der Waals surface area contributed by atoms with Gasteiger partial charge in [0.1, 0.15) is 22.7 Å². The maximum atomic E-state index is 17.3. The van der Waals surface area contributed by atoms with Crippen molar-refractivity contribution in [2.24, 2.45) is 5.41 Å². The van der Waals surface area contributed by atoms with E-state index < -0.39 is 19.5 Å². The Hall–Kier alpha value is -3.19. The molecule has 13 heteroatoms. The highest BCUT2D eigenvalue weighted by Gasteiger charge is 2.46. The van der Waals surface area contributed by atoms with Crippen molar-refractivity contribution in [3.63, 3.8) is 0 Å². The fourth-order valence-electron chi connectivity index (χ4n) is 7.42. The Labute approximate surface area is 301 Å². The van der Waals surface area contributed by atoms with Gasteiger partial charge in [0.25, 0.3) is 0 Å². The number of carbonyl (C=O) groups is 1. The van der Waals surface area contributed by atoms with E-state index in [-0.39, 0.29) is 52.5 Å². The van der Waals surface area contributed by atoms with E-state index in [1.54, 1.807) is 13.2 Å². The molecule has 3 heterocycles. The smallest absolute Gasteiger partial charge is 0.410 e. The van der Waals surface area contributed by atoms with Gasteiger partial charge in [-0.2, -0.15) is 9.97 Å². The highest BCUT2D eigenvalue weighted by atomic mass is 35.5. The standard InChI is InChI=1S/C37H51ClFN5O5Si/c1-36(2,3)49-35(45)44-23-10-11-24(44)19-43(18-23)33-27-17-28(38)30(26-16-25(48-22-46-6)12-13-29(26)50(7,8)9)31(39)32(27)40-34(41-33)47-21-37(14-15-37)20-42(4)5/h12-13,16-17,23-24H,10-11,14-15,18-22H2,1-9H3. The maximum Gasteiger partial charge on any atom is 0.410 e. The summed E-state index contributed by atoms with van der Waals surface area (Å²) in [6.45, 7) is 14.7. The molecule has 2 unspecified atom stereocenters. The van der Waals surface area contributed by atoms with E-state index in [1.807, 2.05) is 43.9 Å². The molecule has 50 heavy (non-hydrogen) atoms. The molecule has 3 aromatic rings. The predicted octanol–water partition coefficient (Wildman–Crippen LogP) is 6.93. The molecular weight excluding hydrogens is 677 g/mol. The second kappa shape index (κ2) is 13.7. The summed E-state index contributed by atoms with van der Waals surface area (Å²) in [5.74, 6) is 0.577. The molecular formula is C37H51ClFN5O5Si. The van der Waals surface area contributed by atoms with Gasteiger partial charge in [-0.15, -0.1) is 0 Å². The van der Waals surface area contributed by atoms with Crippen molar-refractivity contribution in [1.29, 1.82) is 0 Å². The molecule has 10 nitrogen and oxygen atoms in total. The van der Waals surface area contributed by atoms with E-state index in [4.69, 9.17) is 40.5 Å². The third-order valence-corrected chi connectivity index (χ3v) is 12.1. The van der Waals surface area contributed by atoms with Gasteiger partial charge in [-0.05, 0) is 84.3 Å². The van der Waals surface area contributed by atoms with E-state index in [9.17, 15) is 4.79 Å². The van der Waals surface area contributed by atoms with E-state index in [0.717, 1.165) is 37.4 Å². The normalized spacial score (nSPS) is 20.1. The quantitative estimate of drug-likeness (QED) is 0.154. The third-order valence-electron chi connectivity index (χ3n) is 9.76. The summed E-state index contributed by atoms with van der Waals surface area (Å²) in [4.78, 5) is 29.1. The first kappa shape index (κ1) is 36.6. The second-order valence-corrected chi connectivity index (χ2v) is 21.9. The monoisotopic (exact) mass is 727 g/mol. The molecule has 2 aromatic carbocycles. The lowest BCUT2D eigenvalue weighted by Gasteiger charge is -2.42. The second-order valence-electron chi connectivity index (χ2n) is 16.5. The Morgan fingerprint density at radius 1 is 1.08 bits per heavy atom. The van der Waals surface area contributed by atoms with Crippen LogP contribution in [0.5, 0.6) is 11.8 Å². The van der Waals surface area contributed by atoms with Gasteiger partial charge in [0.2, 0.25) is 0 Å². The molecule has 1 saturated carbocycles. The van der Waals surface area contributed by atoms with Gasteiger partial charge in [0, 0.05) is 43.1 Å². The zero-order valence-electron chi connectivity index (χ0n) is 30.9. The highest BCUT2D eigenvalue weighted by molar-refractivity contribution is 6.89. The summed E-state index contributed by atoms with van der Waals surface area (Å²) in [7, 11) is 3.69. The number of anilines is 1. The predicted molar refractivity (Wildman–Crippen MR) is 198 cm³/mol. The molecule has 2 atom stereocenters. The third kappa shape index (κ3) is 7.68. The van der Waals surface area contributed by atoms with Crippen LogP contribution in [0.25, 0.3) is 22.0 Å². The van der Waals surface area contributed by atoms with E-state index >= 15 is 4.39 Å². The van der Waals surface area contributed by atoms with Gasteiger partial charge in [-0.25, -0.2) is 9.18 Å². The van der Waals surface area contributed by atoms with Crippen LogP contribution in [0.2, 0.25) is 24.7 Å². The van der Waals surface area contributed by atoms with Crippen molar-refractivity contribution < 1.29 is 28.1 Å². The molecule has 1 amide bonds. The zero-order valence-corrected chi connectivity index (χ0v) is 32.6. The number of aromatic nitrogens is 2. The van der Waals surface area contributed by atoms with Gasteiger partial charge >= 0.3 is 12.1 Å². The number of hydrogen-bond donors (Lipinski definition) is 0. The Morgan fingerprint density at radius 2 is 1.76 bits per heavy atom. The number of hydrogen-bond acceptors (Lipinski definition) is 9. The first-order chi connectivity index (χ1) is 23.5. The Balaban J connectivity index is 1.45. The Bertz CT molecular complexity index is 1740. The summed E-state index contributed by atoms with van der Waals surface area (Å²) in [5, 5.41) is 1.81. The van der Waals surface area contributed by atoms with Crippen LogP contribution >= 0.6 is 11.6 Å². The topological polar surface area (TPSA) is 89.5 Å². The first-order valence-corrected chi connectivity index (χ1v) is 21.4. The fraction of sp³-hybridized carbons (Fsp3) is 0.595. The molecule has 272 valence electrons. The van der Waals surface area contributed by atoms with Crippen LogP contribution in [0.15, 0.2) is 24.3 Å². The number of methoxy groups -OCH3 is 1. The lowest BCUT2D eigenvalue weighted by Crippen LogP contribution is -2.57. The van der Waals surface area contributed by atoms with Gasteiger partial charge in [-0.1, -0.05) is 42.5 Å². The molecule has 0 radical (unpaired) electrons. The number of piperazine rings is 1. The van der Waals surface area contributed by atoms with Crippen LogP contribution in [0.1, 0.15) is 46.5 Å². The minimum Gasteiger partial charge on any atom is -0.468 e. The summed E-state index contributed by atoms with van der Waals surface area (Å²) in [6.07, 6.45) is 3.50. The summed E-state index contributed by atoms with van der Waals surface area (Å²) < 4.78 is 40.3. The Morgan fingerprint density at radius 3 is 2.34 bits per heavy atom. The molecule has 6 rings (SSSR count). The van der Waals surface area contributed by atoms with Crippen LogP contribution in [0, 0.1) is 11.2 Å². The van der Waals surface area contributed by atoms with Crippen LogP contribution in [-0.4, -0.2) is 106 Å². The van der Waals surface area contributed by atoms with Gasteiger partial charge in [0.15, 0.2) is 12.6 Å². The van der Waals surface area contributed by atoms with Crippen molar-refractivity contribution in [1.82, 2.24) is 19.8 Å². The number of rotatable bonds is 11. The number of amides is 1. The van der Waals surface area contributed by atoms with E-state index in [1.165, 1.54) is 0 Å². The van der Waals surface area contributed by atoms with Crippen LogP contribution < -0.4 is 19.6 Å². The number of benzene rings is 2. The van der Waals surface area contributed by atoms with Crippen molar-refractivity contribution in [3.8, 4) is 22.9 Å². The number of ether oxygens (including phenoxy) is 4. The number of fused-ring (bicyclic) bond motifs is 3. The van der Waals surface area contributed by atoms with Gasteiger partial charge < -0.3 is 28.7 Å². The molecule has 0 spiro atoms. The molecule has 3 aliphatic rings. The average molecular weight is 728 g/mol. The lowest BCUT2D eigenvalue weighted by molar-refractivity contribution is 0.0122. The lowest BCUT2D eigenvalue weighted by atomic mass is 10.0. The van der Waals surface area contributed by atoms with Crippen molar-refractivity contribution in [3.05, 3.63) is 35.1 Å². The summed E-state index contributed by atoms with van der Waals surface area (Å²) in [5.41, 5.74) is 0.533. The maximum absolute atomic E-state index is 17.3. The largest absolute Gasteiger partial charge is 0.468 e. The molecule has 0 N–H and O–H groups in total. The van der Waals surface area contributed by atoms with Gasteiger partial charge in [0.05, 0.1) is 31.8 Å². The van der Waals surface area contributed by atoms with Crippen LogP contribution in [0.3, 0.4) is 0 Å². The highest BCUT2D eigenvalue weighted by Crippen LogP contribution is 2.47. The van der Waals surface area contributed by atoms with E-state index in [2.05, 4.69) is 43.5 Å². The van der Waals surface area contributed by atoms with Crippen molar-refractivity contribution in [2.75, 3.05) is 59.1 Å².